The molecule has 0 aromatic carbocycles. The Kier molecular flexibility index (Phi) is 5.24. The van der Waals surface area contributed by atoms with E-state index >= 15 is 0 Å². The maximum Gasteiger partial charge on any atom is 0.310 e. The first kappa shape index (κ1) is 17.7. The third kappa shape index (κ3) is 5.52. The van der Waals surface area contributed by atoms with Gasteiger partial charge in [0.15, 0.2) is 0 Å². The second-order valence-electron chi connectivity index (χ2n) is 7.74. The minimum absolute atomic E-state index is 0.0302. The maximum absolute atomic E-state index is 12.3. The van der Waals surface area contributed by atoms with Crippen molar-refractivity contribution in [3.63, 3.8) is 0 Å². The van der Waals surface area contributed by atoms with Gasteiger partial charge >= 0.3 is 11.9 Å². The Morgan fingerprint density at radius 3 is 1.86 bits per heavy atom. The van der Waals surface area contributed by atoms with Crippen LogP contribution < -0.4 is 0 Å². The van der Waals surface area contributed by atoms with Crippen molar-refractivity contribution in [2.75, 3.05) is 0 Å². The summed E-state index contributed by atoms with van der Waals surface area (Å²) in [5.41, 5.74) is -1.03. The first-order chi connectivity index (χ1) is 9.43. The average Bonchev–Trinajstić information content (AvgIpc) is 2.68. The normalized spacial score (nSPS) is 26.3. The second-order valence-corrected chi connectivity index (χ2v) is 7.74. The van der Waals surface area contributed by atoms with Gasteiger partial charge in [-0.1, -0.05) is 6.08 Å². The smallest absolute Gasteiger partial charge is 0.310 e. The van der Waals surface area contributed by atoms with Crippen molar-refractivity contribution in [1.82, 2.24) is 0 Å². The molecule has 0 unspecified atom stereocenters. The number of carbonyl (C=O) groups excluding carboxylic acids is 2. The van der Waals surface area contributed by atoms with Crippen LogP contribution in [0.2, 0.25) is 0 Å². The van der Waals surface area contributed by atoms with Gasteiger partial charge in [-0.15, -0.1) is 6.58 Å². The molecule has 1 fully saturated rings. The van der Waals surface area contributed by atoms with Crippen LogP contribution in [0.15, 0.2) is 12.7 Å². The van der Waals surface area contributed by atoms with Crippen molar-refractivity contribution in [2.45, 2.75) is 65.6 Å². The summed E-state index contributed by atoms with van der Waals surface area (Å²) in [6.07, 6.45) is 2.82. The van der Waals surface area contributed by atoms with E-state index in [1.807, 2.05) is 41.5 Å². The third-order valence-corrected chi connectivity index (χ3v) is 3.36. The molecular weight excluding hydrogens is 268 g/mol. The number of hydrogen-bond donors (Lipinski definition) is 0. The molecule has 0 N–H and O–H groups in total. The molecule has 0 saturated heterocycles. The summed E-state index contributed by atoms with van der Waals surface area (Å²) < 4.78 is 10.9. The summed E-state index contributed by atoms with van der Waals surface area (Å²) in [6, 6.07) is 0. The van der Waals surface area contributed by atoms with Gasteiger partial charge in [-0.3, -0.25) is 9.59 Å². The van der Waals surface area contributed by atoms with E-state index in [2.05, 4.69) is 6.58 Å². The molecule has 0 bridgehead atoms. The van der Waals surface area contributed by atoms with E-state index in [9.17, 15) is 9.59 Å². The average molecular weight is 296 g/mol. The van der Waals surface area contributed by atoms with E-state index in [0.29, 0.717) is 12.8 Å². The fourth-order valence-corrected chi connectivity index (χ4v) is 2.56. The summed E-state index contributed by atoms with van der Waals surface area (Å²) in [5.74, 6) is -1.08. The Labute approximate surface area is 127 Å². The highest BCUT2D eigenvalue weighted by Gasteiger charge is 2.43. The van der Waals surface area contributed by atoms with E-state index in [1.165, 1.54) is 0 Å². The lowest BCUT2D eigenvalue weighted by Gasteiger charge is -2.24. The van der Waals surface area contributed by atoms with Crippen molar-refractivity contribution in [3.05, 3.63) is 12.7 Å². The molecule has 4 nitrogen and oxygen atoms in total. The highest BCUT2D eigenvalue weighted by Crippen LogP contribution is 2.39. The highest BCUT2D eigenvalue weighted by molar-refractivity contribution is 5.78. The van der Waals surface area contributed by atoms with Crippen LogP contribution in [0.5, 0.6) is 0 Å². The summed E-state index contributed by atoms with van der Waals surface area (Å²) in [6.45, 7) is 14.8. The molecule has 1 aliphatic rings. The lowest BCUT2D eigenvalue weighted by molar-refractivity contribution is -0.161. The van der Waals surface area contributed by atoms with Crippen LogP contribution in [-0.4, -0.2) is 23.1 Å². The zero-order chi connectivity index (χ0) is 16.4. The SMILES string of the molecule is C=C[C@@H]1C[C@H](C(=O)OC(C)(C)C)C[C@@H]1C(=O)OC(C)(C)C. The molecule has 1 rings (SSSR count). The first-order valence-electron chi connectivity index (χ1n) is 7.51. The van der Waals surface area contributed by atoms with Gasteiger partial charge < -0.3 is 9.47 Å². The van der Waals surface area contributed by atoms with Gasteiger partial charge in [-0.2, -0.15) is 0 Å². The van der Waals surface area contributed by atoms with Crippen LogP contribution in [0.4, 0.5) is 0 Å². The minimum atomic E-state index is -0.521. The fraction of sp³-hybridized carbons (Fsp3) is 0.765. The van der Waals surface area contributed by atoms with Gasteiger partial charge in [0, 0.05) is 0 Å². The van der Waals surface area contributed by atoms with Crippen molar-refractivity contribution >= 4 is 11.9 Å². The summed E-state index contributed by atoms with van der Waals surface area (Å²) in [4.78, 5) is 24.4. The van der Waals surface area contributed by atoms with Gasteiger partial charge in [0.25, 0.3) is 0 Å². The Balaban J connectivity index is 2.74. The molecule has 0 spiro atoms. The zero-order valence-corrected chi connectivity index (χ0v) is 14.1. The van der Waals surface area contributed by atoms with E-state index < -0.39 is 11.2 Å². The maximum atomic E-state index is 12.3. The molecule has 0 aromatic heterocycles. The molecule has 3 atom stereocenters. The number of hydrogen-bond acceptors (Lipinski definition) is 4. The van der Waals surface area contributed by atoms with E-state index in [-0.39, 0.29) is 29.7 Å². The highest BCUT2D eigenvalue weighted by atomic mass is 16.6. The summed E-state index contributed by atoms with van der Waals surface area (Å²) in [5, 5.41) is 0. The monoisotopic (exact) mass is 296 g/mol. The van der Waals surface area contributed by atoms with Crippen molar-refractivity contribution in [3.8, 4) is 0 Å². The van der Waals surface area contributed by atoms with Crippen LogP contribution in [0.25, 0.3) is 0 Å². The zero-order valence-electron chi connectivity index (χ0n) is 14.1. The molecule has 0 aliphatic heterocycles. The van der Waals surface area contributed by atoms with Gasteiger partial charge in [0.05, 0.1) is 11.8 Å². The van der Waals surface area contributed by atoms with Crippen molar-refractivity contribution in [1.29, 1.82) is 0 Å². The first-order valence-corrected chi connectivity index (χ1v) is 7.51. The number of rotatable bonds is 3. The fourth-order valence-electron chi connectivity index (χ4n) is 2.56. The Morgan fingerprint density at radius 2 is 1.43 bits per heavy atom. The number of esters is 2. The van der Waals surface area contributed by atoms with Crippen molar-refractivity contribution in [2.24, 2.45) is 17.8 Å². The Morgan fingerprint density at radius 1 is 0.952 bits per heavy atom. The summed E-state index contributed by atoms with van der Waals surface area (Å²) >= 11 is 0. The molecule has 0 radical (unpaired) electrons. The van der Waals surface area contributed by atoms with E-state index in [4.69, 9.17) is 9.47 Å². The molecule has 4 heteroatoms. The molecule has 0 aromatic rings. The predicted molar refractivity (Wildman–Crippen MR) is 81.6 cm³/mol. The van der Waals surface area contributed by atoms with Crippen LogP contribution in [0.1, 0.15) is 54.4 Å². The van der Waals surface area contributed by atoms with E-state index in [0.717, 1.165) is 0 Å². The van der Waals surface area contributed by atoms with Crippen LogP contribution in [0.3, 0.4) is 0 Å². The van der Waals surface area contributed by atoms with Crippen LogP contribution in [-0.2, 0) is 19.1 Å². The standard InChI is InChI=1S/C17H28O4/c1-8-11-9-12(14(18)20-16(2,3)4)10-13(11)15(19)21-17(5,6)7/h8,11-13H,1,9-10H2,2-7H3/t11-,12+,13+/m1/s1. The molecule has 1 aliphatic carbocycles. The van der Waals surface area contributed by atoms with Crippen LogP contribution >= 0.6 is 0 Å². The Hall–Kier alpha value is -1.32. The van der Waals surface area contributed by atoms with Crippen molar-refractivity contribution < 1.29 is 19.1 Å². The topological polar surface area (TPSA) is 52.6 Å². The molecule has 0 amide bonds. The lowest BCUT2D eigenvalue weighted by atomic mass is 9.96. The van der Waals surface area contributed by atoms with E-state index in [1.54, 1.807) is 6.08 Å². The number of allylic oxidation sites excluding steroid dienone is 1. The largest absolute Gasteiger partial charge is 0.460 e. The predicted octanol–water partition coefficient (Wildman–Crippen LogP) is 3.50. The quantitative estimate of drug-likeness (QED) is 0.591. The van der Waals surface area contributed by atoms with Crippen LogP contribution in [0, 0.1) is 17.8 Å². The second kappa shape index (κ2) is 6.20. The third-order valence-electron chi connectivity index (χ3n) is 3.36. The molecular formula is C17H28O4. The molecule has 0 heterocycles. The summed E-state index contributed by atoms with van der Waals surface area (Å²) in [7, 11) is 0. The van der Waals surface area contributed by atoms with Gasteiger partial charge in [0.2, 0.25) is 0 Å². The number of carbonyl (C=O) groups is 2. The van der Waals surface area contributed by atoms with Gasteiger partial charge in [-0.25, -0.2) is 0 Å². The lowest BCUT2D eigenvalue weighted by Crippen LogP contribution is -2.30. The van der Waals surface area contributed by atoms with Gasteiger partial charge in [-0.05, 0) is 60.3 Å². The Bertz CT molecular complexity index is 411. The molecule has 1 saturated carbocycles. The molecule has 21 heavy (non-hydrogen) atoms. The number of ether oxygens (including phenoxy) is 2. The molecule has 120 valence electrons. The minimum Gasteiger partial charge on any atom is -0.460 e. The van der Waals surface area contributed by atoms with Gasteiger partial charge in [0.1, 0.15) is 11.2 Å².